The van der Waals surface area contributed by atoms with Crippen molar-refractivity contribution in [2.24, 2.45) is 11.3 Å². The Morgan fingerprint density at radius 1 is 0.833 bits per heavy atom. The van der Waals surface area contributed by atoms with Crippen LogP contribution in [0.15, 0.2) is 72.5 Å². The fourth-order valence-electron chi connectivity index (χ4n) is 11.6. The maximum Gasteiger partial charge on any atom is 0.246 e. The predicted octanol–water partition coefficient (Wildman–Crippen LogP) is 5.00. The third kappa shape index (κ3) is 10.3. The van der Waals surface area contributed by atoms with Crippen molar-refractivity contribution >= 4 is 52.2 Å². The average Bonchev–Trinajstić information content (AvgIpc) is 4.08. The number of hydrogen-bond acceptors (Lipinski definition) is 16. The number of carbonyl (C=O) groups excluding carboxylic acids is 3. The zero-order chi connectivity index (χ0) is 50.3. The van der Waals surface area contributed by atoms with Crippen molar-refractivity contribution in [1.82, 2.24) is 45.6 Å². The number of nitrogens with zero attached hydrogens (tertiary/aromatic N) is 10. The van der Waals surface area contributed by atoms with E-state index in [-0.39, 0.29) is 61.0 Å². The second-order valence-electron chi connectivity index (χ2n) is 21.4. The Morgan fingerprint density at radius 2 is 1.51 bits per heavy atom. The number of phenols is 1. The van der Waals surface area contributed by atoms with Gasteiger partial charge in [-0.2, -0.15) is 0 Å². The van der Waals surface area contributed by atoms with E-state index in [9.17, 15) is 24.6 Å². The van der Waals surface area contributed by atoms with Gasteiger partial charge in [0, 0.05) is 88.4 Å². The zero-order valence-electron chi connectivity index (χ0n) is 41.7. The molecular formula is C53H67N13O5S. The van der Waals surface area contributed by atoms with Crippen molar-refractivity contribution in [3.8, 4) is 27.4 Å². The predicted molar refractivity (Wildman–Crippen MR) is 278 cm³/mol. The van der Waals surface area contributed by atoms with Gasteiger partial charge in [-0.3, -0.25) is 19.3 Å². The van der Waals surface area contributed by atoms with Crippen molar-refractivity contribution in [2.75, 3.05) is 66.2 Å². The molecule has 18 nitrogen and oxygen atoms in total. The van der Waals surface area contributed by atoms with Crippen LogP contribution in [-0.2, 0) is 20.9 Å². The first-order valence-corrected chi connectivity index (χ1v) is 26.4. The number of carbonyl (C=O) groups is 3. The number of nitrogen functional groups attached to an aromatic ring is 1. The summed E-state index contributed by atoms with van der Waals surface area (Å²) in [6.07, 6.45) is 8.54. The molecule has 5 aromatic rings. The highest BCUT2D eigenvalue weighted by atomic mass is 32.1. The van der Waals surface area contributed by atoms with Crippen molar-refractivity contribution < 1.29 is 24.6 Å². The highest BCUT2D eigenvalue weighted by molar-refractivity contribution is 7.13. The van der Waals surface area contributed by atoms with Crippen LogP contribution in [0, 0.1) is 18.3 Å². The third-order valence-corrected chi connectivity index (χ3v) is 16.6. The monoisotopic (exact) mass is 998 g/mol. The molecule has 2 bridgehead atoms. The van der Waals surface area contributed by atoms with Crippen LogP contribution in [0.2, 0.25) is 0 Å². The van der Waals surface area contributed by atoms with Crippen LogP contribution in [0.4, 0.5) is 23.1 Å². The van der Waals surface area contributed by atoms with E-state index in [0.29, 0.717) is 23.1 Å². The van der Waals surface area contributed by atoms with E-state index in [1.165, 1.54) is 4.90 Å². The van der Waals surface area contributed by atoms with Gasteiger partial charge in [0.15, 0.2) is 5.82 Å². The number of nitrogens with two attached hydrogens (primary N) is 1. The van der Waals surface area contributed by atoms with Gasteiger partial charge in [-0.1, -0.05) is 57.2 Å². The number of anilines is 4. The molecule has 0 spiro atoms. The fraction of sp³-hybridized carbons (Fsp3) is 0.509. The van der Waals surface area contributed by atoms with E-state index in [0.717, 1.165) is 117 Å². The standard InChI is InChI=1S/C53H67N13O5S/c1-32-46(72-31-58-32)34-11-9-33(10-12-34)25-55-50(70)44-23-40(67)30-65(44)51(71)47(53(2,3)4)59-49(69)35-13-15-36(16-14-35)62-19-21-63(22-20-62)39-26-56-52(57-27-39)66-37-17-18-38(66)29-64(28-37)43-24-42(60-61-48(43)54)41-7-5-6-8-45(41)68/h5-12,24,26-27,31,35-38,40,44,47,67-68H,13-23,25,28-30H2,1-4H3,(H2,54,61)(H,55,70)(H,59,69)/t35-,36-,37?,38?,40-,44+,47-/m1/s1. The summed E-state index contributed by atoms with van der Waals surface area (Å²) in [6, 6.07) is 16.1. The zero-order valence-corrected chi connectivity index (χ0v) is 42.5. The highest BCUT2D eigenvalue weighted by Gasteiger charge is 2.46. The van der Waals surface area contributed by atoms with Gasteiger partial charge in [0.05, 0.1) is 51.6 Å². The van der Waals surface area contributed by atoms with Crippen LogP contribution in [0.25, 0.3) is 21.7 Å². The average molecular weight is 998 g/mol. The van der Waals surface area contributed by atoms with Crippen LogP contribution in [0.3, 0.4) is 0 Å². The molecule has 0 radical (unpaired) electrons. The molecule has 6 N–H and O–H groups in total. The Balaban J connectivity index is 0.686. The summed E-state index contributed by atoms with van der Waals surface area (Å²) in [6.45, 7) is 13.1. The Kier molecular flexibility index (Phi) is 14.1. The van der Waals surface area contributed by atoms with Crippen LogP contribution in [-0.4, -0.2) is 145 Å². The maximum absolute atomic E-state index is 14.3. The summed E-state index contributed by atoms with van der Waals surface area (Å²) >= 11 is 1.59. The number of para-hydroxylation sites is 1. The minimum Gasteiger partial charge on any atom is -0.507 e. The second-order valence-corrected chi connectivity index (χ2v) is 22.2. The fourth-order valence-corrected chi connectivity index (χ4v) is 12.4. The number of aliphatic hydroxyl groups is 1. The molecular weight excluding hydrogens is 931 g/mol. The molecule has 5 fully saturated rings. The van der Waals surface area contributed by atoms with E-state index in [4.69, 9.17) is 15.7 Å². The van der Waals surface area contributed by atoms with Crippen molar-refractivity contribution in [3.05, 3.63) is 83.8 Å². The summed E-state index contributed by atoms with van der Waals surface area (Å²) in [5, 5.41) is 35.8. The van der Waals surface area contributed by atoms with E-state index in [1.807, 2.05) is 88.1 Å². The maximum atomic E-state index is 14.3. The number of benzene rings is 2. The quantitative estimate of drug-likeness (QED) is 0.111. The van der Waals surface area contributed by atoms with Gasteiger partial charge in [0.25, 0.3) is 0 Å². The van der Waals surface area contributed by atoms with Gasteiger partial charge in [-0.15, -0.1) is 21.5 Å². The van der Waals surface area contributed by atoms with Gasteiger partial charge < -0.3 is 46.2 Å². The Morgan fingerprint density at radius 3 is 2.17 bits per heavy atom. The number of hydrogen-bond donors (Lipinski definition) is 5. The molecule has 1 aliphatic carbocycles. The van der Waals surface area contributed by atoms with E-state index >= 15 is 0 Å². The highest BCUT2D eigenvalue weighted by Crippen LogP contribution is 2.39. The molecule has 3 aromatic heterocycles. The van der Waals surface area contributed by atoms with Crippen molar-refractivity contribution in [1.29, 1.82) is 0 Å². The molecule has 2 aromatic carbocycles. The van der Waals surface area contributed by atoms with Crippen LogP contribution >= 0.6 is 11.3 Å². The number of aliphatic hydroxyl groups excluding tert-OH is 1. The van der Waals surface area contributed by atoms with Gasteiger partial charge in [-0.25, -0.2) is 15.0 Å². The largest absolute Gasteiger partial charge is 0.507 e. The lowest BCUT2D eigenvalue weighted by Gasteiger charge is -2.43. The number of likely N-dealkylation sites (tertiary alicyclic amines) is 1. The number of aromatic nitrogens is 5. The van der Waals surface area contributed by atoms with Gasteiger partial charge >= 0.3 is 0 Å². The van der Waals surface area contributed by atoms with Crippen LogP contribution in [0.1, 0.15) is 77.0 Å². The smallest absolute Gasteiger partial charge is 0.246 e. The van der Waals surface area contributed by atoms with E-state index in [1.54, 1.807) is 23.5 Å². The van der Waals surface area contributed by atoms with E-state index < -0.39 is 23.6 Å². The first kappa shape index (κ1) is 49.2. The lowest BCUT2D eigenvalue weighted by molar-refractivity contribution is -0.144. The SMILES string of the molecule is Cc1ncsc1-c1ccc(CNC(=O)[C@@H]2C[C@@H](O)CN2C(=O)[C@@H](NC(=O)[C@H]2CC[C@H](N3CCN(c4cnc(N5C6CCC5CN(c5cc(-c7ccccc7O)nnc5N)C6)nc4)CC3)CC2)C(C)(C)C)cc1. The Labute approximate surface area is 425 Å². The number of fused-ring (bicyclic) bond motifs is 2. The number of piperazine rings is 2. The minimum atomic E-state index is -0.862. The first-order valence-electron chi connectivity index (χ1n) is 25.5. The summed E-state index contributed by atoms with van der Waals surface area (Å²) in [5.41, 5.74) is 13.6. The van der Waals surface area contributed by atoms with Gasteiger partial charge in [0.2, 0.25) is 23.7 Å². The molecule has 2 unspecified atom stereocenters. The van der Waals surface area contributed by atoms with Crippen molar-refractivity contribution in [3.63, 3.8) is 0 Å². The summed E-state index contributed by atoms with van der Waals surface area (Å²) in [5.74, 6) is 0.260. The topological polar surface area (TPSA) is 222 Å². The number of phenolic OH excluding ortho intramolecular Hbond substituents is 1. The number of amides is 3. The van der Waals surface area contributed by atoms with Gasteiger partial charge in [-0.05, 0) is 80.2 Å². The number of aryl methyl sites for hydroxylation is 1. The molecule has 5 atom stereocenters. The molecule has 4 saturated heterocycles. The minimum absolute atomic E-state index is 0.0338. The Bertz CT molecular complexity index is 2720. The Hall–Kier alpha value is -6.44. The number of β-amino-alcohol motifs (C(OH)–C–C–N with tert-alkyl or cyclic N) is 1. The number of nitrogens with one attached hydrogen (secondary N) is 2. The van der Waals surface area contributed by atoms with Crippen LogP contribution in [0.5, 0.6) is 5.75 Å². The third-order valence-electron chi connectivity index (χ3n) is 15.6. The first-order chi connectivity index (χ1) is 34.7. The molecule has 5 aliphatic rings. The molecule has 72 heavy (non-hydrogen) atoms. The second kappa shape index (κ2) is 20.6. The molecule has 10 rings (SSSR count). The van der Waals surface area contributed by atoms with E-state index in [2.05, 4.69) is 45.4 Å². The summed E-state index contributed by atoms with van der Waals surface area (Å²) in [4.78, 5) is 68.2. The van der Waals surface area contributed by atoms with Gasteiger partial charge in [0.1, 0.15) is 17.8 Å². The molecule has 19 heteroatoms. The summed E-state index contributed by atoms with van der Waals surface area (Å²) < 4.78 is 0. The number of thiazole rings is 1. The molecule has 380 valence electrons. The normalized spacial score (nSPS) is 24.1. The molecule has 3 amide bonds. The van der Waals surface area contributed by atoms with Crippen molar-refractivity contribution in [2.45, 2.75) is 115 Å². The number of rotatable bonds is 12. The lowest BCUT2D eigenvalue weighted by atomic mass is 9.82. The number of aromatic hydroxyl groups is 1. The molecule has 1 saturated carbocycles. The molecule has 7 heterocycles. The summed E-state index contributed by atoms with van der Waals surface area (Å²) in [7, 11) is 0. The van der Waals surface area contributed by atoms with Crippen LogP contribution < -0.4 is 31.1 Å². The lowest BCUT2D eigenvalue weighted by Crippen LogP contribution is -2.58. The molecule has 4 aliphatic heterocycles.